The summed E-state index contributed by atoms with van der Waals surface area (Å²) in [5, 5.41) is 0. The van der Waals surface area contributed by atoms with Gasteiger partial charge in [-0.05, 0) is 30.2 Å². The van der Waals surface area contributed by atoms with E-state index < -0.39 is 0 Å². The molecule has 1 heterocycles. The van der Waals surface area contributed by atoms with Crippen LogP contribution in [0.2, 0.25) is 0 Å². The van der Waals surface area contributed by atoms with Gasteiger partial charge in [0.05, 0.1) is 5.69 Å². The zero-order chi connectivity index (χ0) is 13.1. The van der Waals surface area contributed by atoms with Crippen LogP contribution in [-0.4, -0.2) is 25.6 Å². The van der Waals surface area contributed by atoms with Crippen molar-refractivity contribution in [2.75, 3.05) is 24.6 Å². The third-order valence-corrected chi connectivity index (χ3v) is 3.10. The van der Waals surface area contributed by atoms with Crippen LogP contribution in [0, 0.1) is 5.92 Å². The summed E-state index contributed by atoms with van der Waals surface area (Å²) in [6, 6.07) is 5.69. The Morgan fingerprint density at radius 3 is 2.89 bits per heavy atom. The average molecular weight is 249 g/mol. The van der Waals surface area contributed by atoms with Crippen LogP contribution in [-0.2, 0) is 11.3 Å². The second-order valence-electron chi connectivity index (χ2n) is 4.64. The first-order valence-electron chi connectivity index (χ1n) is 6.12. The van der Waals surface area contributed by atoms with Gasteiger partial charge in [-0.2, -0.15) is 0 Å². The van der Waals surface area contributed by atoms with Crippen LogP contribution in [0.15, 0.2) is 18.2 Å². The van der Waals surface area contributed by atoms with Gasteiger partial charge in [-0.15, -0.1) is 0 Å². The normalized spacial score (nSPS) is 16.2. The molecule has 98 valence electrons. The lowest BCUT2D eigenvalue weighted by atomic mass is 10.1. The van der Waals surface area contributed by atoms with E-state index in [2.05, 4.69) is 0 Å². The number of carbonyl (C=O) groups excluding carboxylic acids is 1. The number of amides is 1. The monoisotopic (exact) mass is 249 g/mol. The lowest BCUT2D eigenvalue weighted by molar-refractivity contribution is -0.121. The van der Waals surface area contributed by atoms with Crippen LogP contribution in [0.25, 0.3) is 0 Å². The van der Waals surface area contributed by atoms with E-state index in [1.807, 2.05) is 25.1 Å². The summed E-state index contributed by atoms with van der Waals surface area (Å²) in [7, 11) is 0. The van der Waals surface area contributed by atoms with Crippen molar-refractivity contribution < 1.29 is 9.53 Å². The Bertz CT molecular complexity index is 448. The Morgan fingerprint density at radius 2 is 2.22 bits per heavy atom. The molecule has 1 unspecified atom stereocenters. The van der Waals surface area contributed by atoms with E-state index in [1.54, 1.807) is 4.90 Å². The van der Waals surface area contributed by atoms with Gasteiger partial charge in [0.1, 0.15) is 5.75 Å². The standard InChI is InChI=1S/C13H19N3O2/c1-9(5-14)7-16-11-4-10(6-15)2-3-12(11)18-8-13(16)17/h2-4,9H,5-8,14-15H2,1H3. The van der Waals surface area contributed by atoms with E-state index in [1.165, 1.54) is 0 Å². The second-order valence-corrected chi connectivity index (χ2v) is 4.64. The molecule has 4 N–H and O–H groups in total. The van der Waals surface area contributed by atoms with E-state index in [0.717, 1.165) is 17.0 Å². The van der Waals surface area contributed by atoms with E-state index in [-0.39, 0.29) is 18.4 Å². The van der Waals surface area contributed by atoms with Crippen molar-refractivity contribution in [1.82, 2.24) is 0 Å². The van der Waals surface area contributed by atoms with Crippen molar-refractivity contribution >= 4 is 11.6 Å². The molecule has 1 aliphatic heterocycles. The van der Waals surface area contributed by atoms with E-state index in [9.17, 15) is 4.79 Å². The maximum Gasteiger partial charge on any atom is 0.265 e. The summed E-state index contributed by atoms with van der Waals surface area (Å²) in [5.74, 6) is 0.953. The smallest absolute Gasteiger partial charge is 0.265 e. The number of ether oxygens (including phenoxy) is 1. The van der Waals surface area contributed by atoms with Crippen LogP contribution < -0.4 is 21.1 Å². The molecule has 0 aromatic heterocycles. The Kier molecular flexibility index (Phi) is 3.84. The van der Waals surface area contributed by atoms with Gasteiger partial charge in [-0.25, -0.2) is 0 Å². The number of carbonyl (C=O) groups is 1. The maximum absolute atomic E-state index is 11.9. The van der Waals surface area contributed by atoms with Gasteiger partial charge < -0.3 is 21.1 Å². The molecule has 1 amide bonds. The molecule has 0 spiro atoms. The SMILES string of the molecule is CC(CN)CN1C(=O)COc2ccc(CN)cc21. The molecular weight excluding hydrogens is 230 g/mol. The molecule has 1 aromatic carbocycles. The van der Waals surface area contributed by atoms with Crippen molar-refractivity contribution in [3.05, 3.63) is 23.8 Å². The fraction of sp³-hybridized carbons (Fsp3) is 0.462. The molecule has 1 atom stereocenters. The highest BCUT2D eigenvalue weighted by atomic mass is 16.5. The predicted octanol–water partition coefficient (Wildman–Crippen LogP) is 0.466. The molecule has 5 nitrogen and oxygen atoms in total. The van der Waals surface area contributed by atoms with Crippen LogP contribution in [0.5, 0.6) is 5.75 Å². The third-order valence-electron chi connectivity index (χ3n) is 3.10. The molecule has 0 aliphatic carbocycles. The highest BCUT2D eigenvalue weighted by Gasteiger charge is 2.26. The topological polar surface area (TPSA) is 81.6 Å². The van der Waals surface area contributed by atoms with Crippen LogP contribution >= 0.6 is 0 Å². The summed E-state index contributed by atoms with van der Waals surface area (Å²) in [5.41, 5.74) is 13.0. The van der Waals surface area contributed by atoms with Crippen LogP contribution in [0.1, 0.15) is 12.5 Å². The molecule has 0 saturated carbocycles. The Balaban J connectivity index is 2.32. The van der Waals surface area contributed by atoms with Gasteiger partial charge >= 0.3 is 0 Å². The van der Waals surface area contributed by atoms with Crippen LogP contribution in [0.4, 0.5) is 5.69 Å². The Labute approximate surface area is 107 Å². The van der Waals surface area contributed by atoms with Gasteiger partial charge in [-0.3, -0.25) is 4.79 Å². The number of fused-ring (bicyclic) bond motifs is 1. The fourth-order valence-electron chi connectivity index (χ4n) is 1.96. The lowest BCUT2D eigenvalue weighted by Crippen LogP contribution is -2.42. The number of rotatable bonds is 4. The van der Waals surface area contributed by atoms with Gasteiger partial charge in [0, 0.05) is 13.1 Å². The molecule has 1 aromatic rings. The zero-order valence-corrected chi connectivity index (χ0v) is 10.6. The minimum absolute atomic E-state index is 0.0306. The maximum atomic E-state index is 11.9. The number of anilines is 1. The van der Waals surface area contributed by atoms with Gasteiger partial charge in [-0.1, -0.05) is 13.0 Å². The molecule has 0 bridgehead atoms. The van der Waals surface area contributed by atoms with E-state index in [0.29, 0.717) is 19.6 Å². The molecule has 2 rings (SSSR count). The van der Waals surface area contributed by atoms with Crippen molar-refractivity contribution in [2.24, 2.45) is 17.4 Å². The van der Waals surface area contributed by atoms with Crippen molar-refractivity contribution in [3.8, 4) is 5.75 Å². The van der Waals surface area contributed by atoms with E-state index in [4.69, 9.17) is 16.2 Å². The summed E-state index contributed by atoms with van der Waals surface area (Å²) < 4.78 is 5.42. The largest absolute Gasteiger partial charge is 0.482 e. The highest BCUT2D eigenvalue weighted by Crippen LogP contribution is 2.33. The molecule has 18 heavy (non-hydrogen) atoms. The van der Waals surface area contributed by atoms with Crippen LogP contribution in [0.3, 0.4) is 0 Å². The van der Waals surface area contributed by atoms with Crippen molar-refractivity contribution in [3.63, 3.8) is 0 Å². The number of nitrogens with two attached hydrogens (primary N) is 2. The Hall–Kier alpha value is -1.59. The average Bonchev–Trinajstić information content (AvgIpc) is 2.41. The van der Waals surface area contributed by atoms with Gasteiger partial charge in [0.25, 0.3) is 5.91 Å². The molecule has 5 heteroatoms. The molecule has 1 aliphatic rings. The molecule has 0 radical (unpaired) electrons. The van der Waals surface area contributed by atoms with E-state index >= 15 is 0 Å². The number of benzene rings is 1. The number of nitrogens with zero attached hydrogens (tertiary/aromatic N) is 1. The van der Waals surface area contributed by atoms with Gasteiger partial charge in [0.2, 0.25) is 0 Å². The Morgan fingerprint density at radius 1 is 1.44 bits per heavy atom. The number of hydrogen-bond donors (Lipinski definition) is 2. The predicted molar refractivity (Wildman–Crippen MR) is 70.4 cm³/mol. The minimum atomic E-state index is -0.0306. The third kappa shape index (κ3) is 2.47. The zero-order valence-electron chi connectivity index (χ0n) is 10.6. The first kappa shape index (κ1) is 12.9. The molecule has 0 fully saturated rings. The number of hydrogen-bond acceptors (Lipinski definition) is 4. The second kappa shape index (κ2) is 5.37. The molecular formula is C13H19N3O2. The summed E-state index contributed by atoms with van der Waals surface area (Å²) in [6.07, 6.45) is 0. The summed E-state index contributed by atoms with van der Waals surface area (Å²) >= 11 is 0. The first-order valence-corrected chi connectivity index (χ1v) is 6.12. The molecule has 0 saturated heterocycles. The summed E-state index contributed by atoms with van der Waals surface area (Å²) in [4.78, 5) is 13.7. The summed E-state index contributed by atoms with van der Waals surface area (Å²) in [6.45, 7) is 3.72. The fourth-order valence-corrected chi connectivity index (χ4v) is 1.96. The van der Waals surface area contributed by atoms with Gasteiger partial charge in [0.15, 0.2) is 6.61 Å². The quantitative estimate of drug-likeness (QED) is 0.812. The van der Waals surface area contributed by atoms with Crippen molar-refractivity contribution in [1.29, 1.82) is 0 Å². The lowest BCUT2D eigenvalue weighted by Gasteiger charge is -2.31. The minimum Gasteiger partial charge on any atom is -0.482 e. The van der Waals surface area contributed by atoms with Crippen molar-refractivity contribution in [2.45, 2.75) is 13.5 Å². The first-order chi connectivity index (χ1) is 8.65. The highest BCUT2D eigenvalue weighted by molar-refractivity contribution is 5.97.